The highest BCUT2D eigenvalue weighted by molar-refractivity contribution is 7.15. The molecule has 0 saturated carbocycles. The molecule has 0 radical (unpaired) electrons. The Balaban J connectivity index is 2.15. The Labute approximate surface area is 131 Å². The Morgan fingerprint density at radius 1 is 1.14 bits per heavy atom. The van der Waals surface area contributed by atoms with Crippen LogP contribution in [0.5, 0.6) is 5.75 Å². The molecule has 0 spiro atoms. The predicted octanol–water partition coefficient (Wildman–Crippen LogP) is 4.27. The van der Waals surface area contributed by atoms with Gasteiger partial charge in [0.05, 0.1) is 12.3 Å². The van der Waals surface area contributed by atoms with Gasteiger partial charge in [0.1, 0.15) is 10.8 Å². The first kappa shape index (κ1) is 16.0. The SMILES string of the molecule is CCCNCc1sc(-c2ccc(OCC)cc2)nc1CC. The van der Waals surface area contributed by atoms with E-state index in [0.29, 0.717) is 6.61 Å². The van der Waals surface area contributed by atoms with Crippen LogP contribution >= 0.6 is 11.3 Å². The highest BCUT2D eigenvalue weighted by atomic mass is 32.1. The van der Waals surface area contributed by atoms with Crippen molar-refractivity contribution in [3.05, 3.63) is 34.8 Å². The average Bonchev–Trinajstić information content (AvgIpc) is 2.92. The summed E-state index contributed by atoms with van der Waals surface area (Å²) in [4.78, 5) is 6.15. The van der Waals surface area contributed by atoms with Crippen LogP contribution in [0.25, 0.3) is 10.6 Å². The maximum Gasteiger partial charge on any atom is 0.123 e. The van der Waals surface area contributed by atoms with E-state index in [2.05, 4.69) is 31.3 Å². The fraction of sp³-hybridized carbons (Fsp3) is 0.471. The van der Waals surface area contributed by atoms with Gasteiger partial charge in [-0.3, -0.25) is 0 Å². The van der Waals surface area contributed by atoms with Gasteiger partial charge in [0, 0.05) is 17.0 Å². The van der Waals surface area contributed by atoms with Gasteiger partial charge >= 0.3 is 0 Å². The summed E-state index contributed by atoms with van der Waals surface area (Å²) in [6.07, 6.45) is 2.14. The molecule has 0 saturated heterocycles. The first-order valence-electron chi connectivity index (χ1n) is 7.71. The summed E-state index contributed by atoms with van der Waals surface area (Å²) < 4.78 is 5.49. The molecule has 0 atom stereocenters. The third kappa shape index (κ3) is 4.29. The Bertz CT molecular complexity index is 548. The molecule has 0 aliphatic rings. The standard InChI is InChI=1S/C17H24N2OS/c1-4-11-18-12-16-15(5-2)19-17(21-16)13-7-9-14(10-8-13)20-6-3/h7-10,18H,4-6,11-12H2,1-3H3. The molecular formula is C17H24N2OS. The Morgan fingerprint density at radius 3 is 2.52 bits per heavy atom. The number of aromatic nitrogens is 1. The first-order chi connectivity index (χ1) is 10.3. The molecular weight excluding hydrogens is 280 g/mol. The van der Waals surface area contributed by atoms with Crippen molar-refractivity contribution in [2.45, 2.75) is 40.2 Å². The molecule has 1 aromatic heterocycles. The normalized spacial score (nSPS) is 10.8. The Hall–Kier alpha value is -1.39. The average molecular weight is 304 g/mol. The van der Waals surface area contributed by atoms with E-state index in [-0.39, 0.29) is 0 Å². The van der Waals surface area contributed by atoms with Crippen LogP contribution in [0, 0.1) is 0 Å². The molecule has 0 aliphatic carbocycles. The van der Waals surface area contributed by atoms with Crippen molar-refractivity contribution in [3.8, 4) is 16.3 Å². The van der Waals surface area contributed by atoms with E-state index in [0.717, 1.165) is 36.7 Å². The van der Waals surface area contributed by atoms with Crippen molar-refractivity contribution in [2.75, 3.05) is 13.2 Å². The number of ether oxygens (including phenoxy) is 1. The van der Waals surface area contributed by atoms with E-state index in [4.69, 9.17) is 9.72 Å². The van der Waals surface area contributed by atoms with Gasteiger partial charge in [-0.15, -0.1) is 11.3 Å². The summed E-state index contributed by atoms with van der Waals surface area (Å²) in [6, 6.07) is 8.21. The lowest BCUT2D eigenvalue weighted by Gasteiger charge is -2.03. The van der Waals surface area contributed by atoms with Crippen molar-refractivity contribution in [3.63, 3.8) is 0 Å². The van der Waals surface area contributed by atoms with Crippen molar-refractivity contribution >= 4 is 11.3 Å². The minimum atomic E-state index is 0.698. The summed E-state index contributed by atoms with van der Waals surface area (Å²) in [5.41, 5.74) is 2.38. The topological polar surface area (TPSA) is 34.1 Å². The fourth-order valence-electron chi connectivity index (χ4n) is 2.16. The molecule has 21 heavy (non-hydrogen) atoms. The van der Waals surface area contributed by atoms with Crippen LogP contribution in [-0.2, 0) is 13.0 Å². The van der Waals surface area contributed by atoms with Gasteiger partial charge in [-0.2, -0.15) is 0 Å². The highest BCUT2D eigenvalue weighted by Gasteiger charge is 2.11. The van der Waals surface area contributed by atoms with Gasteiger partial charge in [0.2, 0.25) is 0 Å². The molecule has 3 nitrogen and oxygen atoms in total. The first-order valence-corrected chi connectivity index (χ1v) is 8.52. The molecule has 0 unspecified atom stereocenters. The zero-order valence-corrected chi connectivity index (χ0v) is 13.9. The lowest BCUT2D eigenvalue weighted by Crippen LogP contribution is -2.13. The van der Waals surface area contributed by atoms with Crippen LogP contribution in [0.2, 0.25) is 0 Å². The van der Waals surface area contributed by atoms with Crippen LogP contribution in [-0.4, -0.2) is 18.1 Å². The smallest absolute Gasteiger partial charge is 0.123 e. The lowest BCUT2D eigenvalue weighted by atomic mass is 10.2. The minimum Gasteiger partial charge on any atom is -0.494 e. The van der Waals surface area contributed by atoms with Gasteiger partial charge in [-0.1, -0.05) is 13.8 Å². The molecule has 2 aromatic rings. The molecule has 4 heteroatoms. The number of benzene rings is 1. The van der Waals surface area contributed by atoms with Crippen LogP contribution < -0.4 is 10.1 Å². The lowest BCUT2D eigenvalue weighted by molar-refractivity contribution is 0.340. The number of hydrogen-bond acceptors (Lipinski definition) is 4. The van der Waals surface area contributed by atoms with Crippen molar-refractivity contribution in [2.24, 2.45) is 0 Å². The zero-order chi connectivity index (χ0) is 15.1. The van der Waals surface area contributed by atoms with E-state index in [1.807, 2.05) is 19.1 Å². The summed E-state index contributed by atoms with van der Waals surface area (Å²) in [7, 11) is 0. The van der Waals surface area contributed by atoms with E-state index in [9.17, 15) is 0 Å². The van der Waals surface area contributed by atoms with Crippen molar-refractivity contribution < 1.29 is 4.74 Å². The molecule has 0 bridgehead atoms. The zero-order valence-electron chi connectivity index (χ0n) is 13.1. The molecule has 2 rings (SSSR count). The second-order valence-corrected chi connectivity index (χ2v) is 5.96. The summed E-state index contributed by atoms with van der Waals surface area (Å²) >= 11 is 1.79. The number of nitrogens with zero attached hydrogens (tertiary/aromatic N) is 1. The number of rotatable bonds is 8. The van der Waals surface area contributed by atoms with Crippen molar-refractivity contribution in [1.82, 2.24) is 10.3 Å². The van der Waals surface area contributed by atoms with Gasteiger partial charge in [0.25, 0.3) is 0 Å². The third-order valence-corrected chi connectivity index (χ3v) is 4.38. The van der Waals surface area contributed by atoms with Crippen LogP contribution in [0.3, 0.4) is 0 Å². The summed E-state index contributed by atoms with van der Waals surface area (Å²) in [5, 5.41) is 4.57. The van der Waals surface area contributed by atoms with E-state index in [1.54, 1.807) is 11.3 Å². The Morgan fingerprint density at radius 2 is 1.90 bits per heavy atom. The molecule has 114 valence electrons. The second kappa shape index (κ2) is 8.15. The summed E-state index contributed by atoms with van der Waals surface area (Å²) in [5.74, 6) is 0.915. The maximum atomic E-state index is 5.49. The van der Waals surface area contributed by atoms with Crippen molar-refractivity contribution in [1.29, 1.82) is 0 Å². The highest BCUT2D eigenvalue weighted by Crippen LogP contribution is 2.29. The third-order valence-electron chi connectivity index (χ3n) is 3.24. The van der Waals surface area contributed by atoms with Gasteiger partial charge in [0.15, 0.2) is 0 Å². The van der Waals surface area contributed by atoms with Crippen LogP contribution in [0.1, 0.15) is 37.8 Å². The molecule has 1 N–H and O–H groups in total. The van der Waals surface area contributed by atoms with Gasteiger partial charge in [-0.05, 0) is 50.6 Å². The van der Waals surface area contributed by atoms with E-state index >= 15 is 0 Å². The maximum absolute atomic E-state index is 5.49. The Kier molecular flexibility index (Phi) is 6.21. The summed E-state index contributed by atoms with van der Waals surface area (Å²) in [6.45, 7) is 9.03. The molecule has 0 amide bonds. The minimum absolute atomic E-state index is 0.698. The largest absolute Gasteiger partial charge is 0.494 e. The predicted molar refractivity (Wildman–Crippen MR) is 90.1 cm³/mol. The monoisotopic (exact) mass is 304 g/mol. The quantitative estimate of drug-likeness (QED) is 0.740. The van der Waals surface area contributed by atoms with E-state index in [1.165, 1.54) is 16.1 Å². The molecule has 1 heterocycles. The molecule has 0 fully saturated rings. The molecule has 0 aliphatic heterocycles. The fourth-order valence-corrected chi connectivity index (χ4v) is 3.29. The van der Waals surface area contributed by atoms with Crippen LogP contribution in [0.4, 0.5) is 0 Å². The van der Waals surface area contributed by atoms with Gasteiger partial charge < -0.3 is 10.1 Å². The number of hydrogen-bond donors (Lipinski definition) is 1. The number of aryl methyl sites for hydroxylation is 1. The number of nitrogens with one attached hydrogen (secondary N) is 1. The van der Waals surface area contributed by atoms with Crippen LogP contribution in [0.15, 0.2) is 24.3 Å². The van der Waals surface area contributed by atoms with Gasteiger partial charge in [-0.25, -0.2) is 4.98 Å². The second-order valence-electron chi connectivity index (χ2n) is 4.88. The van der Waals surface area contributed by atoms with E-state index < -0.39 is 0 Å². The molecule has 1 aromatic carbocycles. The number of thiazole rings is 1.